The quantitative estimate of drug-likeness (QED) is 0.582. The molecule has 0 heterocycles. The van der Waals surface area contributed by atoms with Gasteiger partial charge in [0.05, 0.1) is 6.04 Å². The van der Waals surface area contributed by atoms with Gasteiger partial charge in [0.15, 0.2) is 5.96 Å². The molecule has 3 N–H and O–H groups in total. The van der Waals surface area contributed by atoms with Crippen LogP contribution in [0.1, 0.15) is 18.5 Å². The van der Waals surface area contributed by atoms with Crippen molar-refractivity contribution < 1.29 is 0 Å². The number of halogens is 1. The van der Waals surface area contributed by atoms with Gasteiger partial charge in [0, 0.05) is 12.1 Å². The summed E-state index contributed by atoms with van der Waals surface area (Å²) in [4.78, 5) is 1.70. The molecule has 0 aliphatic carbocycles. The molecule has 1 atom stereocenters. The van der Waals surface area contributed by atoms with Crippen molar-refractivity contribution in [1.82, 2.24) is 4.90 Å². The summed E-state index contributed by atoms with van der Waals surface area (Å²) in [5.74, 6) is 0.0625. The van der Waals surface area contributed by atoms with Crippen LogP contribution in [-0.4, -0.2) is 17.9 Å². The van der Waals surface area contributed by atoms with Crippen molar-refractivity contribution in [3.05, 3.63) is 34.9 Å². The van der Waals surface area contributed by atoms with E-state index in [9.17, 15) is 0 Å². The monoisotopic (exact) mass is 211 g/mol. The van der Waals surface area contributed by atoms with Crippen LogP contribution in [0.5, 0.6) is 0 Å². The summed E-state index contributed by atoms with van der Waals surface area (Å²) in [5.41, 5.74) is 6.48. The predicted molar refractivity (Wildman–Crippen MR) is 59.5 cm³/mol. The third kappa shape index (κ3) is 2.39. The maximum Gasteiger partial charge on any atom is 0.188 e. The van der Waals surface area contributed by atoms with Crippen LogP contribution in [0, 0.1) is 5.41 Å². The van der Waals surface area contributed by atoms with Crippen LogP contribution >= 0.6 is 11.6 Å². The average molecular weight is 212 g/mol. The molecule has 1 aromatic rings. The van der Waals surface area contributed by atoms with Crippen LogP contribution in [0.2, 0.25) is 5.02 Å². The van der Waals surface area contributed by atoms with Crippen LogP contribution in [0.25, 0.3) is 0 Å². The molecule has 0 aromatic heterocycles. The zero-order valence-electron chi connectivity index (χ0n) is 8.29. The molecule has 0 fully saturated rings. The molecule has 0 radical (unpaired) electrons. The van der Waals surface area contributed by atoms with Crippen molar-refractivity contribution >= 4 is 17.6 Å². The minimum atomic E-state index is 0.0625. The van der Waals surface area contributed by atoms with Gasteiger partial charge in [-0.05, 0) is 24.6 Å². The zero-order valence-corrected chi connectivity index (χ0v) is 9.05. The van der Waals surface area contributed by atoms with Gasteiger partial charge in [-0.25, -0.2) is 0 Å². The Balaban J connectivity index is 2.84. The molecule has 3 nitrogen and oxygen atoms in total. The number of nitrogens with one attached hydrogen (secondary N) is 1. The fourth-order valence-corrected chi connectivity index (χ4v) is 1.30. The van der Waals surface area contributed by atoms with Crippen LogP contribution in [0.4, 0.5) is 0 Å². The molecule has 1 unspecified atom stereocenters. The fourth-order valence-electron chi connectivity index (χ4n) is 1.17. The standard InChI is InChI=1S/C10H14ClN3/c1-7(14(2)10(12)13)8-3-5-9(11)6-4-8/h3-7H,1-2H3,(H3,12,13). The second-order valence-corrected chi connectivity index (χ2v) is 3.66. The molecule has 1 aromatic carbocycles. The molecule has 14 heavy (non-hydrogen) atoms. The normalized spacial score (nSPS) is 12.2. The Morgan fingerprint density at radius 1 is 1.43 bits per heavy atom. The Bertz CT molecular complexity index is 321. The Labute approximate surface area is 89.0 Å². The third-order valence-corrected chi connectivity index (χ3v) is 2.57. The third-order valence-electron chi connectivity index (χ3n) is 2.31. The SMILES string of the molecule is CC(c1ccc(Cl)cc1)N(C)C(=N)N. The Morgan fingerprint density at radius 2 is 1.93 bits per heavy atom. The van der Waals surface area contributed by atoms with Crippen molar-refractivity contribution in [2.75, 3.05) is 7.05 Å². The van der Waals surface area contributed by atoms with Crippen LogP contribution < -0.4 is 5.73 Å². The molecule has 4 heteroatoms. The summed E-state index contributed by atoms with van der Waals surface area (Å²) in [6, 6.07) is 7.63. The van der Waals surface area contributed by atoms with Gasteiger partial charge in [0.2, 0.25) is 0 Å². The minimum absolute atomic E-state index is 0.0625. The van der Waals surface area contributed by atoms with Crippen molar-refractivity contribution in [3.63, 3.8) is 0 Å². The number of rotatable bonds is 2. The highest BCUT2D eigenvalue weighted by molar-refractivity contribution is 6.30. The van der Waals surface area contributed by atoms with E-state index in [1.54, 1.807) is 11.9 Å². The Morgan fingerprint density at radius 3 is 2.36 bits per heavy atom. The molecular formula is C10H14ClN3. The van der Waals surface area contributed by atoms with Gasteiger partial charge in [0.25, 0.3) is 0 Å². The first-order valence-electron chi connectivity index (χ1n) is 4.34. The maximum atomic E-state index is 7.30. The molecule has 0 amide bonds. The maximum absolute atomic E-state index is 7.30. The average Bonchev–Trinajstić information content (AvgIpc) is 2.16. The predicted octanol–water partition coefficient (Wildman–Crippen LogP) is 2.23. The van der Waals surface area contributed by atoms with Crippen molar-refractivity contribution in [2.45, 2.75) is 13.0 Å². The summed E-state index contributed by atoms with van der Waals surface area (Å²) in [6.45, 7) is 1.99. The van der Waals surface area contributed by atoms with E-state index in [0.717, 1.165) is 5.56 Å². The minimum Gasteiger partial charge on any atom is -0.370 e. The number of nitrogens with two attached hydrogens (primary N) is 1. The molecule has 76 valence electrons. The number of benzene rings is 1. The van der Waals surface area contributed by atoms with Crippen LogP contribution in [0.15, 0.2) is 24.3 Å². The first kappa shape index (κ1) is 10.9. The number of guanidine groups is 1. The first-order valence-corrected chi connectivity index (χ1v) is 4.72. The molecule has 0 bridgehead atoms. The lowest BCUT2D eigenvalue weighted by Gasteiger charge is -2.25. The Kier molecular flexibility index (Phi) is 3.36. The van der Waals surface area contributed by atoms with E-state index < -0.39 is 0 Å². The smallest absolute Gasteiger partial charge is 0.188 e. The zero-order chi connectivity index (χ0) is 10.7. The van der Waals surface area contributed by atoms with E-state index in [-0.39, 0.29) is 12.0 Å². The van der Waals surface area contributed by atoms with Gasteiger partial charge >= 0.3 is 0 Å². The summed E-state index contributed by atoms with van der Waals surface area (Å²) < 4.78 is 0. The van der Waals surface area contributed by atoms with Crippen LogP contribution in [0.3, 0.4) is 0 Å². The molecule has 0 saturated carbocycles. The van der Waals surface area contributed by atoms with Gasteiger partial charge in [-0.2, -0.15) is 0 Å². The fraction of sp³-hybridized carbons (Fsp3) is 0.300. The highest BCUT2D eigenvalue weighted by atomic mass is 35.5. The topological polar surface area (TPSA) is 53.1 Å². The van der Waals surface area contributed by atoms with Crippen molar-refractivity contribution in [3.8, 4) is 0 Å². The second-order valence-electron chi connectivity index (χ2n) is 3.22. The van der Waals surface area contributed by atoms with E-state index in [0.29, 0.717) is 5.02 Å². The highest BCUT2D eigenvalue weighted by Crippen LogP contribution is 2.20. The summed E-state index contributed by atoms with van der Waals surface area (Å²) >= 11 is 5.78. The largest absolute Gasteiger partial charge is 0.370 e. The molecule has 0 spiro atoms. The van der Waals surface area contributed by atoms with E-state index in [1.807, 2.05) is 31.2 Å². The van der Waals surface area contributed by atoms with Crippen LogP contribution in [-0.2, 0) is 0 Å². The lowest BCUT2D eigenvalue weighted by Crippen LogP contribution is -2.34. The van der Waals surface area contributed by atoms with E-state index in [1.165, 1.54) is 0 Å². The summed E-state index contributed by atoms with van der Waals surface area (Å²) in [7, 11) is 1.79. The van der Waals surface area contributed by atoms with E-state index in [4.69, 9.17) is 22.7 Å². The summed E-state index contributed by atoms with van der Waals surface area (Å²) in [5, 5.41) is 8.01. The summed E-state index contributed by atoms with van der Waals surface area (Å²) in [6.07, 6.45) is 0. The van der Waals surface area contributed by atoms with Gasteiger partial charge < -0.3 is 10.6 Å². The van der Waals surface area contributed by atoms with E-state index >= 15 is 0 Å². The number of hydrogen-bond acceptors (Lipinski definition) is 1. The molecule has 1 rings (SSSR count). The van der Waals surface area contributed by atoms with Gasteiger partial charge in [-0.1, -0.05) is 23.7 Å². The number of hydrogen-bond donors (Lipinski definition) is 2. The van der Waals surface area contributed by atoms with Crippen molar-refractivity contribution in [2.24, 2.45) is 5.73 Å². The van der Waals surface area contributed by atoms with Gasteiger partial charge in [-0.3, -0.25) is 5.41 Å². The first-order chi connectivity index (χ1) is 6.52. The van der Waals surface area contributed by atoms with E-state index in [2.05, 4.69) is 0 Å². The molecular weight excluding hydrogens is 198 g/mol. The van der Waals surface area contributed by atoms with Gasteiger partial charge in [0.1, 0.15) is 0 Å². The number of nitrogens with zero attached hydrogens (tertiary/aromatic N) is 1. The Hall–Kier alpha value is -1.22. The molecule has 0 aliphatic rings. The lowest BCUT2D eigenvalue weighted by atomic mass is 10.1. The second kappa shape index (κ2) is 4.33. The molecule has 0 saturated heterocycles. The van der Waals surface area contributed by atoms with Crippen molar-refractivity contribution in [1.29, 1.82) is 5.41 Å². The van der Waals surface area contributed by atoms with Gasteiger partial charge in [-0.15, -0.1) is 0 Å². The highest BCUT2D eigenvalue weighted by Gasteiger charge is 2.11. The molecule has 0 aliphatic heterocycles. The lowest BCUT2D eigenvalue weighted by molar-refractivity contribution is 0.395.